The van der Waals surface area contributed by atoms with Crippen LogP contribution in [0, 0.1) is 0 Å². The summed E-state index contributed by atoms with van der Waals surface area (Å²) in [6.07, 6.45) is 3.64. The summed E-state index contributed by atoms with van der Waals surface area (Å²) >= 11 is 19.7. The van der Waals surface area contributed by atoms with Gasteiger partial charge >= 0.3 is 5.97 Å². The molecule has 3 heterocycles. The minimum absolute atomic E-state index is 0.254. The molecular weight excluding hydrogens is 585 g/mol. The van der Waals surface area contributed by atoms with Crippen molar-refractivity contribution in [3.63, 3.8) is 0 Å². The van der Waals surface area contributed by atoms with Crippen molar-refractivity contribution < 1.29 is 19.2 Å². The molecule has 2 aliphatic rings. The molecule has 0 amide bonds. The quantitative estimate of drug-likeness (QED) is 0.183. The first-order valence-corrected chi connectivity index (χ1v) is 14.4. The zero-order valence-electron chi connectivity index (χ0n) is 21.7. The highest BCUT2D eigenvalue weighted by Gasteiger charge is 2.34. The number of aromatic carboxylic acids is 1. The molecule has 1 saturated heterocycles. The normalized spacial score (nSPS) is 15.3. The number of hydrogen-bond acceptors (Lipinski definition) is 5. The fourth-order valence-electron chi connectivity index (χ4n) is 5.51. The largest absolute Gasteiger partial charge is 0.489 e. The van der Waals surface area contributed by atoms with Crippen molar-refractivity contribution in [2.45, 2.75) is 31.3 Å². The summed E-state index contributed by atoms with van der Waals surface area (Å²) in [6, 6.07) is 17.0. The molecule has 0 bridgehead atoms. The van der Waals surface area contributed by atoms with Crippen molar-refractivity contribution >= 4 is 57.4 Å². The van der Waals surface area contributed by atoms with Crippen LogP contribution < -0.4 is 9.64 Å². The molecule has 41 heavy (non-hydrogen) atoms. The smallest absolute Gasteiger partial charge is 0.337 e. The van der Waals surface area contributed by atoms with E-state index in [1.807, 2.05) is 36.4 Å². The van der Waals surface area contributed by atoms with Crippen LogP contribution in [0.25, 0.3) is 22.2 Å². The van der Waals surface area contributed by atoms with E-state index in [2.05, 4.69) is 15.0 Å². The summed E-state index contributed by atoms with van der Waals surface area (Å²) in [6.45, 7) is 1.88. The first kappa shape index (κ1) is 26.3. The Kier molecular flexibility index (Phi) is 6.61. The van der Waals surface area contributed by atoms with Crippen molar-refractivity contribution in [3.05, 3.63) is 98.3 Å². The van der Waals surface area contributed by atoms with Gasteiger partial charge in [-0.2, -0.15) is 0 Å². The van der Waals surface area contributed by atoms with Crippen LogP contribution in [0.1, 0.15) is 51.9 Å². The summed E-state index contributed by atoms with van der Waals surface area (Å²) in [7, 11) is 0. The number of carbonyl (C=O) groups is 1. The first-order valence-electron chi connectivity index (χ1n) is 13.3. The Hall–Kier alpha value is -3.65. The number of rotatable bonds is 8. The number of halogens is 3. The molecule has 0 spiro atoms. The lowest BCUT2D eigenvalue weighted by Gasteiger charge is -2.41. The number of nitrogens with one attached hydrogen (secondary N) is 1. The van der Waals surface area contributed by atoms with Gasteiger partial charge in [0.1, 0.15) is 23.8 Å². The van der Waals surface area contributed by atoms with Crippen molar-refractivity contribution in [1.29, 1.82) is 0 Å². The van der Waals surface area contributed by atoms with Gasteiger partial charge in [-0.25, -0.2) is 4.79 Å². The number of carboxylic acids is 1. The molecule has 0 atom stereocenters. The molecule has 2 N–H and O–H groups in total. The summed E-state index contributed by atoms with van der Waals surface area (Å²) in [5.41, 5.74) is 5.29. The van der Waals surface area contributed by atoms with Crippen LogP contribution in [0.3, 0.4) is 0 Å². The molecule has 7 rings (SSSR count). The van der Waals surface area contributed by atoms with Gasteiger partial charge in [-0.1, -0.05) is 52.1 Å². The lowest BCUT2D eigenvalue weighted by Crippen LogP contribution is -2.45. The van der Waals surface area contributed by atoms with Gasteiger partial charge in [0.2, 0.25) is 0 Å². The molecule has 1 aliphatic heterocycles. The second-order valence-electron chi connectivity index (χ2n) is 10.6. The number of nitrogens with zero attached hydrogens (tertiary/aromatic N) is 2. The Bertz CT molecular complexity index is 1780. The van der Waals surface area contributed by atoms with Crippen molar-refractivity contribution in [2.75, 3.05) is 18.0 Å². The number of aromatic amines is 1. The molecule has 5 aromatic rings. The van der Waals surface area contributed by atoms with E-state index in [4.69, 9.17) is 44.1 Å². The Labute approximate surface area is 250 Å². The van der Waals surface area contributed by atoms with Gasteiger partial charge in [0.15, 0.2) is 0 Å². The number of H-pyrrole nitrogens is 1. The lowest BCUT2D eigenvalue weighted by atomic mass is 9.90. The Morgan fingerprint density at radius 1 is 1.02 bits per heavy atom. The van der Waals surface area contributed by atoms with Gasteiger partial charge in [0, 0.05) is 58.3 Å². The van der Waals surface area contributed by atoms with Crippen LogP contribution in [0.4, 0.5) is 5.69 Å². The highest BCUT2D eigenvalue weighted by molar-refractivity contribution is 6.39. The maximum atomic E-state index is 11.4. The predicted molar refractivity (Wildman–Crippen MR) is 160 cm³/mol. The SMILES string of the molecule is O=C(O)c1c[nH]c2cc(N3CC(c4ccc(OCc5c(-c6c(Cl)cccc6Cl)noc5C5CC5)cc4Cl)C3)ccc12. The predicted octanol–water partition coefficient (Wildman–Crippen LogP) is 8.54. The van der Waals surface area contributed by atoms with Crippen molar-refractivity contribution in [1.82, 2.24) is 10.1 Å². The molecule has 2 fully saturated rings. The van der Waals surface area contributed by atoms with Crippen molar-refractivity contribution in [3.8, 4) is 17.0 Å². The molecule has 2 aromatic heterocycles. The summed E-state index contributed by atoms with van der Waals surface area (Å²) in [5, 5.41) is 16.0. The van der Waals surface area contributed by atoms with E-state index in [9.17, 15) is 9.90 Å². The van der Waals surface area contributed by atoms with E-state index in [-0.39, 0.29) is 18.1 Å². The number of fused-ring (bicyclic) bond motifs is 1. The van der Waals surface area contributed by atoms with E-state index < -0.39 is 5.97 Å². The Morgan fingerprint density at radius 2 is 1.80 bits per heavy atom. The monoisotopic (exact) mass is 607 g/mol. The minimum atomic E-state index is -0.940. The number of anilines is 1. The Balaban J connectivity index is 1.05. The summed E-state index contributed by atoms with van der Waals surface area (Å²) < 4.78 is 11.9. The van der Waals surface area contributed by atoms with E-state index >= 15 is 0 Å². The van der Waals surface area contributed by atoms with Gasteiger partial charge in [-0.15, -0.1) is 0 Å². The first-order chi connectivity index (χ1) is 19.9. The zero-order chi connectivity index (χ0) is 28.2. The number of benzene rings is 3. The van der Waals surface area contributed by atoms with E-state index in [1.165, 1.54) is 6.20 Å². The van der Waals surface area contributed by atoms with E-state index in [1.54, 1.807) is 18.2 Å². The maximum absolute atomic E-state index is 11.4. The van der Waals surface area contributed by atoms with Crippen LogP contribution in [-0.2, 0) is 6.61 Å². The third-order valence-corrected chi connectivity index (χ3v) is 8.86. The van der Waals surface area contributed by atoms with E-state index in [0.29, 0.717) is 43.4 Å². The van der Waals surface area contributed by atoms with Gasteiger partial charge in [-0.3, -0.25) is 0 Å². The summed E-state index contributed by atoms with van der Waals surface area (Å²) in [4.78, 5) is 16.7. The fourth-order valence-corrected chi connectivity index (χ4v) is 6.41. The molecule has 10 heteroatoms. The molecule has 3 aromatic carbocycles. The molecule has 208 valence electrons. The molecule has 0 unspecified atom stereocenters. The zero-order valence-corrected chi connectivity index (χ0v) is 23.9. The average Bonchev–Trinajstić information content (AvgIpc) is 3.54. The second kappa shape index (κ2) is 10.3. The lowest BCUT2D eigenvalue weighted by molar-refractivity contribution is 0.0699. The highest BCUT2D eigenvalue weighted by atomic mass is 35.5. The van der Waals surface area contributed by atoms with Gasteiger partial charge < -0.3 is 24.3 Å². The van der Waals surface area contributed by atoms with E-state index in [0.717, 1.165) is 54.0 Å². The van der Waals surface area contributed by atoms with Crippen LogP contribution >= 0.6 is 34.8 Å². The van der Waals surface area contributed by atoms with Gasteiger partial charge in [0.05, 0.1) is 21.2 Å². The maximum Gasteiger partial charge on any atom is 0.337 e. The number of carboxylic acid groups (broad SMARTS) is 1. The topological polar surface area (TPSA) is 91.6 Å². The highest BCUT2D eigenvalue weighted by Crippen LogP contribution is 2.46. The molecular formula is C31H24Cl3N3O4. The van der Waals surface area contributed by atoms with Crippen molar-refractivity contribution in [2.24, 2.45) is 0 Å². The van der Waals surface area contributed by atoms with Crippen LogP contribution in [0.15, 0.2) is 65.3 Å². The number of hydrogen-bond donors (Lipinski definition) is 2. The van der Waals surface area contributed by atoms with Crippen LogP contribution in [0.5, 0.6) is 5.75 Å². The second-order valence-corrected chi connectivity index (χ2v) is 11.8. The fraction of sp³-hybridized carbons (Fsp3) is 0.226. The molecule has 7 nitrogen and oxygen atoms in total. The standard InChI is InChI=1S/C31H24Cl3N3O4/c32-24-2-1-3-25(33)28(24)29-23(30(41-36-29)16-4-5-16)15-40-19-7-9-20(26(34)11-19)17-13-37(14-17)18-6-8-21-22(31(38)39)12-35-27(21)10-18/h1-3,6-12,16-17,35H,4-5,13-15H2,(H,38,39). The molecule has 1 aliphatic carbocycles. The summed E-state index contributed by atoms with van der Waals surface area (Å²) in [5.74, 6) is 1.15. The third-order valence-electron chi connectivity index (χ3n) is 7.90. The van der Waals surface area contributed by atoms with Gasteiger partial charge in [0.25, 0.3) is 0 Å². The Morgan fingerprint density at radius 3 is 2.51 bits per heavy atom. The van der Waals surface area contributed by atoms with Crippen LogP contribution in [-0.4, -0.2) is 34.3 Å². The number of aromatic nitrogens is 2. The minimum Gasteiger partial charge on any atom is -0.489 e. The molecule has 1 saturated carbocycles. The third kappa shape index (κ3) is 4.82. The molecule has 0 radical (unpaired) electrons. The van der Waals surface area contributed by atoms with Gasteiger partial charge in [-0.05, 0) is 60.9 Å². The average molecular weight is 609 g/mol. The number of ether oxygens (including phenoxy) is 1. The van der Waals surface area contributed by atoms with Crippen LogP contribution in [0.2, 0.25) is 15.1 Å².